The van der Waals surface area contributed by atoms with E-state index in [1.165, 1.54) is 30.6 Å². The van der Waals surface area contributed by atoms with Crippen molar-refractivity contribution in [3.8, 4) is 5.75 Å². The van der Waals surface area contributed by atoms with Gasteiger partial charge in [-0.3, -0.25) is 14.7 Å². The van der Waals surface area contributed by atoms with Crippen LogP contribution in [0, 0.1) is 0 Å². The van der Waals surface area contributed by atoms with E-state index in [1.54, 1.807) is 35.5 Å². The molecule has 2 heterocycles. The Morgan fingerprint density at radius 3 is 2.51 bits per heavy atom. The number of amides is 1. The van der Waals surface area contributed by atoms with Crippen LogP contribution in [0.1, 0.15) is 37.3 Å². The summed E-state index contributed by atoms with van der Waals surface area (Å²) in [4.78, 5) is 24.1. The Hall–Kier alpha value is -3.30. The summed E-state index contributed by atoms with van der Waals surface area (Å²) in [5, 5.41) is 0.545. The van der Waals surface area contributed by atoms with Crippen LogP contribution >= 0.6 is 11.3 Å². The molecule has 2 aromatic carbocycles. The normalized spacial score (nSPS) is 11.7. The number of hydrogen-bond acceptors (Lipinski definition) is 7. The van der Waals surface area contributed by atoms with Crippen molar-refractivity contribution in [3.63, 3.8) is 0 Å². The predicted octanol–water partition coefficient (Wildman–Crippen LogP) is 5.22. The van der Waals surface area contributed by atoms with Crippen LogP contribution < -0.4 is 9.64 Å². The molecule has 182 valence electrons. The Bertz CT molecular complexity index is 1420. The molecule has 0 saturated carbocycles. The van der Waals surface area contributed by atoms with Crippen molar-refractivity contribution in [1.29, 1.82) is 0 Å². The smallest absolute Gasteiger partial charge is 0.230 e. The summed E-state index contributed by atoms with van der Waals surface area (Å²) >= 11 is 1.43. The number of anilines is 1. The van der Waals surface area contributed by atoms with E-state index in [0.717, 1.165) is 21.3 Å². The Labute approximate surface area is 209 Å². The van der Waals surface area contributed by atoms with Crippen LogP contribution in [-0.2, 0) is 21.2 Å². The number of rotatable bonds is 9. The molecular weight excluding hydrogens is 482 g/mol. The van der Waals surface area contributed by atoms with Crippen molar-refractivity contribution in [2.75, 3.05) is 17.8 Å². The lowest BCUT2D eigenvalue weighted by atomic mass is 10.0. The largest absolute Gasteiger partial charge is 0.497 e. The highest BCUT2D eigenvalue weighted by molar-refractivity contribution is 7.91. The van der Waals surface area contributed by atoms with Gasteiger partial charge in [-0.1, -0.05) is 43.4 Å². The number of methoxy groups -OCH3 is 1. The number of carbonyl (C=O) groups is 1. The molecule has 0 N–H and O–H groups in total. The van der Waals surface area contributed by atoms with Gasteiger partial charge >= 0.3 is 0 Å². The van der Waals surface area contributed by atoms with E-state index in [2.05, 4.69) is 18.8 Å². The van der Waals surface area contributed by atoms with Gasteiger partial charge in [0.05, 0.1) is 34.5 Å². The number of ether oxygens (including phenoxy) is 1. The number of para-hydroxylation sites is 1. The maximum atomic E-state index is 13.4. The lowest BCUT2D eigenvalue weighted by Gasteiger charge is -2.20. The molecule has 35 heavy (non-hydrogen) atoms. The van der Waals surface area contributed by atoms with E-state index in [0.29, 0.717) is 10.9 Å². The fourth-order valence-electron chi connectivity index (χ4n) is 3.73. The van der Waals surface area contributed by atoms with Crippen LogP contribution in [0.5, 0.6) is 5.75 Å². The van der Waals surface area contributed by atoms with Gasteiger partial charge < -0.3 is 4.74 Å². The van der Waals surface area contributed by atoms with E-state index in [4.69, 9.17) is 9.72 Å². The topological polar surface area (TPSA) is 89.5 Å². The molecule has 0 spiro atoms. The molecule has 2 aromatic heterocycles. The van der Waals surface area contributed by atoms with Crippen LogP contribution in [0.15, 0.2) is 71.9 Å². The first-order valence-corrected chi connectivity index (χ1v) is 13.7. The molecule has 0 aliphatic rings. The molecule has 0 atom stereocenters. The number of sulfone groups is 1. The second kappa shape index (κ2) is 10.5. The summed E-state index contributed by atoms with van der Waals surface area (Å²) in [7, 11) is -2.12. The van der Waals surface area contributed by atoms with E-state index in [1.807, 2.05) is 24.3 Å². The third kappa shape index (κ3) is 5.68. The van der Waals surface area contributed by atoms with Crippen molar-refractivity contribution < 1.29 is 17.9 Å². The van der Waals surface area contributed by atoms with Crippen molar-refractivity contribution >= 4 is 42.4 Å². The van der Waals surface area contributed by atoms with Gasteiger partial charge in [-0.2, -0.15) is 0 Å². The van der Waals surface area contributed by atoms with Crippen molar-refractivity contribution in [2.24, 2.45) is 0 Å². The van der Waals surface area contributed by atoms with Gasteiger partial charge in [0.1, 0.15) is 5.75 Å². The standard InChI is InChI=1S/C26H27N3O4S2/c1-18(2)22-7-4-8-23-25(22)28-26(34-23)29(17-19-6-5-14-27-16-19)24(30)13-15-35(31,32)21-11-9-20(33-3)10-12-21/h4-12,14,16,18H,13,15,17H2,1-3H3. The van der Waals surface area contributed by atoms with Gasteiger partial charge in [0, 0.05) is 18.8 Å². The number of fused-ring (bicyclic) bond motifs is 1. The summed E-state index contributed by atoms with van der Waals surface area (Å²) in [5.74, 6) is 0.241. The Kier molecular flexibility index (Phi) is 7.47. The number of benzene rings is 2. The Morgan fingerprint density at radius 2 is 1.86 bits per heavy atom. The minimum atomic E-state index is -3.64. The minimum absolute atomic E-state index is 0.159. The maximum Gasteiger partial charge on any atom is 0.230 e. The molecule has 0 aliphatic carbocycles. The fraction of sp³-hybridized carbons (Fsp3) is 0.269. The van der Waals surface area contributed by atoms with Crippen LogP contribution in [0.4, 0.5) is 5.13 Å². The predicted molar refractivity (Wildman–Crippen MR) is 139 cm³/mol. The molecule has 0 aliphatic heterocycles. The van der Waals surface area contributed by atoms with E-state index in [9.17, 15) is 13.2 Å². The zero-order valence-electron chi connectivity index (χ0n) is 19.8. The fourth-order valence-corrected chi connectivity index (χ4v) is 5.98. The van der Waals surface area contributed by atoms with E-state index >= 15 is 0 Å². The van der Waals surface area contributed by atoms with Crippen LogP contribution in [-0.4, -0.2) is 37.2 Å². The molecule has 4 aromatic rings. The summed E-state index contributed by atoms with van der Waals surface area (Å²) in [5.41, 5.74) is 2.82. The number of carbonyl (C=O) groups excluding carboxylic acids is 1. The average molecular weight is 510 g/mol. The van der Waals surface area contributed by atoms with Crippen LogP contribution in [0.2, 0.25) is 0 Å². The van der Waals surface area contributed by atoms with Crippen molar-refractivity contribution in [2.45, 2.75) is 37.6 Å². The second-order valence-corrected chi connectivity index (χ2v) is 11.5. The van der Waals surface area contributed by atoms with Crippen molar-refractivity contribution in [3.05, 3.63) is 78.1 Å². The first-order chi connectivity index (χ1) is 16.8. The molecule has 1 amide bonds. The number of pyridine rings is 1. The van der Waals surface area contributed by atoms with Crippen LogP contribution in [0.25, 0.3) is 10.2 Å². The number of aromatic nitrogens is 2. The Morgan fingerprint density at radius 1 is 1.09 bits per heavy atom. The highest BCUT2D eigenvalue weighted by atomic mass is 32.2. The molecule has 0 bridgehead atoms. The quantitative estimate of drug-likeness (QED) is 0.307. The molecule has 0 saturated heterocycles. The molecule has 0 fully saturated rings. The van der Waals surface area contributed by atoms with Gasteiger partial charge in [0.2, 0.25) is 5.91 Å². The summed E-state index contributed by atoms with van der Waals surface area (Å²) < 4.78 is 31.8. The van der Waals surface area contributed by atoms with Gasteiger partial charge in [-0.15, -0.1) is 0 Å². The number of hydrogen-bond donors (Lipinski definition) is 0. The van der Waals surface area contributed by atoms with E-state index < -0.39 is 9.84 Å². The lowest BCUT2D eigenvalue weighted by molar-refractivity contribution is -0.118. The minimum Gasteiger partial charge on any atom is -0.497 e. The number of thiazole rings is 1. The van der Waals surface area contributed by atoms with Gasteiger partial charge in [0.15, 0.2) is 15.0 Å². The van der Waals surface area contributed by atoms with Crippen molar-refractivity contribution in [1.82, 2.24) is 9.97 Å². The molecular formula is C26H27N3O4S2. The first-order valence-electron chi connectivity index (χ1n) is 11.2. The van der Waals surface area contributed by atoms with Gasteiger partial charge in [0.25, 0.3) is 0 Å². The second-order valence-electron chi connectivity index (χ2n) is 8.43. The molecule has 0 radical (unpaired) electrons. The SMILES string of the molecule is COc1ccc(S(=O)(=O)CCC(=O)N(Cc2cccnc2)c2nc3c(C(C)C)cccc3s2)cc1. The van der Waals surface area contributed by atoms with Gasteiger partial charge in [-0.05, 0) is 53.4 Å². The third-order valence-electron chi connectivity index (χ3n) is 5.66. The monoisotopic (exact) mass is 509 g/mol. The lowest BCUT2D eigenvalue weighted by Crippen LogP contribution is -2.31. The molecule has 9 heteroatoms. The summed E-state index contributed by atoms with van der Waals surface area (Å²) in [6, 6.07) is 15.9. The van der Waals surface area contributed by atoms with E-state index in [-0.39, 0.29) is 35.4 Å². The number of nitrogens with zero attached hydrogens (tertiary/aromatic N) is 3. The molecule has 0 unspecified atom stereocenters. The highest BCUT2D eigenvalue weighted by Gasteiger charge is 2.24. The van der Waals surface area contributed by atoms with Gasteiger partial charge in [-0.25, -0.2) is 13.4 Å². The third-order valence-corrected chi connectivity index (χ3v) is 8.44. The maximum absolute atomic E-state index is 13.4. The van der Waals surface area contributed by atoms with Crippen LogP contribution in [0.3, 0.4) is 0 Å². The zero-order valence-corrected chi connectivity index (χ0v) is 21.5. The average Bonchev–Trinajstić information content (AvgIpc) is 3.30. The molecule has 7 nitrogen and oxygen atoms in total. The molecule has 4 rings (SSSR count). The first kappa shape index (κ1) is 24.8. The Balaban J connectivity index is 1.62. The summed E-state index contributed by atoms with van der Waals surface area (Å²) in [6.07, 6.45) is 3.20. The highest BCUT2D eigenvalue weighted by Crippen LogP contribution is 2.34. The summed E-state index contributed by atoms with van der Waals surface area (Å²) in [6.45, 7) is 4.47. The zero-order chi connectivity index (χ0) is 25.0.